The van der Waals surface area contributed by atoms with Gasteiger partial charge in [0, 0.05) is 13.2 Å². The van der Waals surface area contributed by atoms with Crippen LogP contribution in [0.25, 0.3) is 0 Å². The lowest BCUT2D eigenvalue weighted by atomic mass is 10.1. The summed E-state index contributed by atoms with van der Waals surface area (Å²) in [6.45, 7) is 3.68. The summed E-state index contributed by atoms with van der Waals surface area (Å²) in [5, 5.41) is 30.7. The van der Waals surface area contributed by atoms with Gasteiger partial charge in [0.05, 0.1) is 0 Å². The third-order valence-electron chi connectivity index (χ3n) is 5.33. The van der Waals surface area contributed by atoms with Crippen molar-refractivity contribution in [3.05, 3.63) is 59.7 Å². The van der Waals surface area contributed by atoms with Crippen LogP contribution in [0.15, 0.2) is 48.5 Å². The van der Waals surface area contributed by atoms with Gasteiger partial charge >= 0.3 is 11.9 Å². The number of aromatic hydroxyl groups is 2. The maximum atomic E-state index is 12.9. The molecule has 0 bridgehead atoms. The van der Waals surface area contributed by atoms with Gasteiger partial charge in [0.1, 0.15) is 47.5 Å². The standard InChI is InChI=1S/C25H30O10/c1-3-13-32-22-20(28)25(31-4-2)35-21(22)19(34-24(30)16-10-6-8-12-18(16)27)14-33-23(29)15-9-5-7-11-17(15)26/h5-12,19-22,25-28H,3-4,13-14H2,1-2H3/t19?,20-,21-,22-,25?/m0/s1. The third kappa shape index (κ3) is 6.49. The largest absolute Gasteiger partial charge is 0.507 e. The molecule has 2 aromatic carbocycles. The molecule has 0 spiro atoms. The molecule has 190 valence electrons. The van der Waals surface area contributed by atoms with Crippen molar-refractivity contribution in [3.63, 3.8) is 0 Å². The molecule has 1 fully saturated rings. The number of hydrogen-bond donors (Lipinski definition) is 3. The summed E-state index contributed by atoms with van der Waals surface area (Å²) >= 11 is 0. The van der Waals surface area contributed by atoms with Crippen LogP contribution in [0.2, 0.25) is 0 Å². The van der Waals surface area contributed by atoms with Crippen LogP contribution in [0.3, 0.4) is 0 Å². The Labute approximate surface area is 203 Å². The van der Waals surface area contributed by atoms with Gasteiger partial charge in [0.25, 0.3) is 0 Å². The molecule has 1 heterocycles. The Morgan fingerprint density at radius 3 is 2.11 bits per heavy atom. The fourth-order valence-corrected chi connectivity index (χ4v) is 3.64. The molecule has 0 saturated carbocycles. The van der Waals surface area contributed by atoms with E-state index in [1.165, 1.54) is 24.3 Å². The number of carbonyl (C=O) groups is 2. The van der Waals surface area contributed by atoms with Crippen LogP contribution in [0, 0.1) is 0 Å². The van der Waals surface area contributed by atoms with Gasteiger partial charge in [0.2, 0.25) is 0 Å². The molecule has 10 nitrogen and oxygen atoms in total. The fraction of sp³-hybridized carbons (Fsp3) is 0.440. The number of ether oxygens (including phenoxy) is 5. The van der Waals surface area contributed by atoms with Crippen LogP contribution in [-0.4, -0.2) is 77.8 Å². The first-order valence-corrected chi connectivity index (χ1v) is 11.4. The third-order valence-corrected chi connectivity index (χ3v) is 5.33. The molecule has 3 N–H and O–H groups in total. The molecule has 1 aliphatic rings. The van der Waals surface area contributed by atoms with E-state index in [-0.39, 0.29) is 35.8 Å². The average Bonchev–Trinajstić information content (AvgIpc) is 3.15. The normalized spacial score (nSPS) is 22.5. The van der Waals surface area contributed by atoms with Gasteiger partial charge in [-0.15, -0.1) is 0 Å². The van der Waals surface area contributed by atoms with Crippen molar-refractivity contribution in [2.24, 2.45) is 0 Å². The average molecular weight is 491 g/mol. The Bertz CT molecular complexity index is 994. The topological polar surface area (TPSA) is 141 Å². The van der Waals surface area contributed by atoms with Crippen LogP contribution in [0.5, 0.6) is 11.5 Å². The minimum absolute atomic E-state index is 0.0726. The van der Waals surface area contributed by atoms with E-state index in [0.717, 1.165) is 0 Å². The van der Waals surface area contributed by atoms with Crippen LogP contribution < -0.4 is 0 Å². The molecule has 0 aromatic heterocycles. The molecule has 1 aliphatic heterocycles. The molecule has 0 radical (unpaired) electrons. The van der Waals surface area contributed by atoms with E-state index in [2.05, 4.69) is 0 Å². The Kier molecular flexibility index (Phi) is 9.44. The number of aliphatic hydroxyl groups is 1. The maximum Gasteiger partial charge on any atom is 0.342 e. The lowest BCUT2D eigenvalue weighted by Crippen LogP contribution is -2.45. The summed E-state index contributed by atoms with van der Waals surface area (Å²) in [5.41, 5.74) is -0.174. The predicted molar refractivity (Wildman–Crippen MR) is 122 cm³/mol. The number of hydrogen-bond acceptors (Lipinski definition) is 10. The molecule has 2 aromatic rings. The number of para-hydroxylation sites is 2. The highest BCUT2D eigenvalue weighted by Gasteiger charge is 2.50. The molecule has 35 heavy (non-hydrogen) atoms. The van der Waals surface area contributed by atoms with Crippen LogP contribution in [-0.2, 0) is 23.7 Å². The van der Waals surface area contributed by atoms with Crippen LogP contribution in [0.1, 0.15) is 41.0 Å². The van der Waals surface area contributed by atoms with Gasteiger partial charge in [0.15, 0.2) is 12.4 Å². The molecule has 1 saturated heterocycles. The smallest absolute Gasteiger partial charge is 0.342 e. The lowest BCUT2D eigenvalue weighted by molar-refractivity contribution is -0.179. The number of phenols is 2. The predicted octanol–water partition coefficient (Wildman–Crippen LogP) is 2.40. The number of phenolic OH excluding ortho intramolecular Hbond substituents is 2. The van der Waals surface area contributed by atoms with Gasteiger partial charge < -0.3 is 39.0 Å². The highest BCUT2D eigenvalue weighted by molar-refractivity contribution is 5.93. The molecule has 2 unspecified atom stereocenters. The molecular formula is C25H30O10. The number of benzene rings is 2. The van der Waals surface area contributed by atoms with Gasteiger partial charge in [-0.2, -0.15) is 0 Å². The Morgan fingerprint density at radius 2 is 1.54 bits per heavy atom. The van der Waals surface area contributed by atoms with E-state index in [4.69, 9.17) is 23.7 Å². The summed E-state index contributed by atoms with van der Waals surface area (Å²) in [5.74, 6) is -2.30. The zero-order valence-electron chi connectivity index (χ0n) is 19.5. The van der Waals surface area contributed by atoms with Gasteiger partial charge in [-0.1, -0.05) is 31.2 Å². The van der Waals surface area contributed by atoms with Crippen molar-refractivity contribution in [1.29, 1.82) is 0 Å². The molecule has 10 heteroatoms. The monoisotopic (exact) mass is 490 g/mol. The van der Waals surface area contributed by atoms with Crippen molar-refractivity contribution in [1.82, 2.24) is 0 Å². The molecular weight excluding hydrogens is 460 g/mol. The second kappa shape index (κ2) is 12.5. The first-order chi connectivity index (χ1) is 16.9. The second-order valence-corrected chi connectivity index (χ2v) is 7.83. The van der Waals surface area contributed by atoms with E-state index in [0.29, 0.717) is 6.42 Å². The summed E-state index contributed by atoms with van der Waals surface area (Å²) in [7, 11) is 0. The number of aliphatic hydroxyl groups excluding tert-OH is 1. The lowest BCUT2D eigenvalue weighted by Gasteiger charge is -2.27. The molecule has 0 aliphatic carbocycles. The van der Waals surface area contributed by atoms with Gasteiger partial charge in [-0.3, -0.25) is 0 Å². The van der Waals surface area contributed by atoms with Crippen molar-refractivity contribution >= 4 is 11.9 Å². The first kappa shape index (κ1) is 26.4. The quantitative estimate of drug-likeness (QED) is 0.402. The van der Waals surface area contributed by atoms with E-state index < -0.39 is 49.3 Å². The Balaban J connectivity index is 1.85. The zero-order chi connectivity index (χ0) is 25.4. The maximum absolute atomic E-state index is 12.9. The van der Waals surface area contributed by atoms with Gasteiger partial charge in [-0.25, -0.2) is 9.59 Å². The Morgan fingerprint density at radius 1 is 0.943 bits per heavy atom. The first-order valence-electron chi connectivity index (χ1n) is 11.4. The summed E-state index contributed by atoms with van der Waals surface area (Å²) in [4.78, 5) is 25.4. The van der Waals surface area contributed by atoms with Crippen molar-refractivity contribution in [2.75, 3.05) is 19.8 Å². The van der Waals surface area contributed by atoms with Crippen LogP contribution >= 0.6 is 0 Å². The van der Waals surface area contributed by atoms with E-state index in [9.17, 15) is 24.9 Å². The molecule has 5 atom stereocenters. The molecule has 0 amide bonds. The minimum atomic E-state index is -1.24. The van der Waals surface area contributed by atoms with Crippen LogP contribution in [0.4, 0.5) is 0 Å². The minimum Gasteiger partial charge on any atom is -0.507 e. The summed E-state index contributed by atoms with van der Waals surface area (Å²) < 4.78 is 28.0. The summed E-state index contributed by atoms with van der Waals surface area (Å²) in [6, 6.07) is 11.6. The zero-order valence-corrected chi connectivity index (χ0v) is 19.5. The van der Waals surface area contributed by atoms with Crippen molar-refractivity contribution < 1.29 is 48.6 Å². The molecule has 3 rings (SSSR count). The van der Waals surface area contributed by atoms with E-state index in [1.54, 1.807) is 31.2 Å². The van der Waals surface area contributed by atoms with E-state index in [1.807, 2.05) is 6.92 Å². The number of carbonyl (C=O) groups excluding carboxylic acids is 2. The highest BCUT2D eigenvalue weighted by atomic mass is 16.7. The summed E-state index contributed by atoms with van der Waals surface area (Å²) in [6.07, 6.45) is -4.82. The second-order valence-electron chi connectivity index (χ2n) is 7.83. The van der Waals surface area contributed by atoms with Gasteiger partial charge in [-0.05, 0) is 37.6 Å². The van der Waals surface area contributed by atoms with Crippen molar-refractivity contribution in [2.45, 2.75) is 51.0 Å². The Hall–Kier alpha value is -3.18. The van der Waals surface area contributed by atoms with Crippen molar-refractivity contribution in [3.8, 4) is 11.5 Å². The SMILES string of the molecule is CCCO[C@H]1[C@H](O)C(OCC)O[C@H]1C(COC(=O)c1ccccc1O)OC(=O)c1ccccc1O. The number of esters is 2. The fourth-order valence-electron chi connectivity index (χ4n) is 3.64. The number of rotatable bonds is 11. The van der Waals surface area contributed by atoms with E-state index >= 15 is 0 Å². The highest BCUT2D eigenvalue weighted by Crippen LogP contribution is 2.30.